The molecule has 3 aromatic carbocycles. The van der Waals surface area contributed by atoms with Crippen molar-refractivity contribution in [3.05, 3.63) is 103 Å². The van der Waals surface area contributed by atoms with Crippen LogP contribution >= 0.6 is 0 Å². The quantitative estimate of drug-likeness (QED) is 0.166. The van der Waals surface area contributed by atoms with E-state index in [0.29, 0.717) is 45.3 Å². The van der Waals surface area contributed by atoms with Crippen molar-refractivity contribution >= 4 is 16.9 Å². The minimum Gasteiger partial charge on any atom is -0.497 e. The van der Waals surface area contributed by atoms with E-state index in [1.165, 1.54) is 0 Å². The Morgan fingerprint density at radius 1 is 0.659 bits per heavy atom. The lowest BCUT2D eigenvalue weighted by atomic mass is 10.1. The Kier molecular flexibility index (Phi) is 9.52. The van der Waals surface area contributed by atoms with E-state index >= 15 is 0 Å². The second-order valence-electron chi connectivity index (χ2n) is 9.30. The number of ether oxygens (including phenoxy) is 5. The van der Waals surface area contributed by atoms with Gasteiger partial charge < -0.3 is 33.6 Å². The monoisotopic (exact) mass is 554 g/mol. The molecule has 2 heterocycles. The van der Waals surface area contributed by atoms with E-state index in [1.807, 2.05) is 60.7 Å². The number of anilines is 1. The fourth-order valence-electron chi connectivity index (χ4n) is 4.39. The van der Waals surface area contributed by atoms with Crippen molar-refractivity contribution in [2.45, 2.75) is 13.1 Å². The maximum atomic E-state index is 5.85. The zero-order valence-corrected chi connectivity index (χ0v) is 23.3. The number of fused-ring (bicyclic) bond motifs is 1. The topological polar surface area (TPSA) is 91.0 Å². The third kappa shape index (κ3) is 7.89. The van der Waals surface area contributed by atoms with Crippen LogP contribution in [0.15, 0.2) is 91.4 Å². The van der Waals surface area contributed by atoms with Gasteiger partial charge in [-0.05, 0) is 59.7 Å². The Bertz CT molecular complexity index is 1520. The van der Waals surface area contributed by atoms with Gasteiger partial charge in [0.1, 0.15) is 42.0 Å². The largest absolute Gasteiger partial charge is 0.497 e. The summed E-state index contributed by atoms with van der Waals surface area (Å²) in [6, 6.07) is 25.7. The van der Waals surface area contributed by atoms with Crippen LogP contribution in [0.1, 0.15) is 11.1 Å². The van der Waals surface area contributed by atoms with E-state index in [2.05, 4.69) is 33.1 Å². The summed E-state index contributed by atoms with van der Waals surface area (Å²) in [7, 11) is 3.31. The molecule has 0 atom stereocenters. The lowest BCUT2D eigenvalue weighted by Gasteiger charge is -2.24. The van der Waals surface area contributed by atoms with Crippen molar-refractivity contribution in [1.29, 1.82) is 0 Å². The van der Waals surface area contributed by atoms with Gasteiger partial charge in [-0.3, -0.25) is 0 Å². The number of H-pyrrole nitrogens is 1. The summed E-state index contributed by atoms with van der Waals surface area (Å²) in [6.45, 7) is 3.10. The lowest BCUT2D eigenvalue weighted by Crippen LogP contribution is -2.23. The van der Waals surface area contributed by atoms with Crippen LogP contribution in [0.4, 0.5) is 5.82 Å². The van der Waals surface area contributed by atoms with E-state index in [1.54, 1.807) is 26.7 Å². The summed E-state index contributed by atoms with van der Waals surface area (Å²) in [4.78, 5) is 14.5. The number of hydrogen-bond donors (Lipinski definition) is 1. The highest BCUT2D eigenvalue weighted by atomic mass is 16.5. The molecule has 0 amide bonds. The van der Waals surface area contributed by atoms with Gasteiger partial charge in [0.05, 0.1) is 51.0 Å². The maximum absolute atomic E-state index is 5.85. The van der Waals surface area contributed by atoms with Crippen molar-refractivity contribution in [3.63, 3.8) is 0 Å². The summed E-state index contributed by atoms with van der Waals surface area (Å²) in [6.07, 6.45) is 3.46. The van der Waals surface area contributed by atoms with Crippen LogP contribution in [-0.4, -0.2) is 55.6 Å². The van der Waals surface area contributed by atoms with Gasteiger partial charge in [0, 0.05) is 19.2 Å². The van der Waals surface area contributed by atoms with Crippen LogP contribution in [-0.2, 0) is 17.8 Å². The normalized spacial score (nSPS) is 10.9. The molecule has 212 valence electrons. The zero-order chi connectivity index (χ0) is 28.3. The van der Waals surface area contributed by atoms with Crippen LogP contribution in [0.3, 0.4) is 0 Å². The highest BCUT2D eigenvalue weighted by Gasteiger charge is 2.12. The number of benzene rings is 3. The highest BCUT2D eigenvalue weighted by molar-refractivity contribution is 5.75. The van der Waals surface area contributed by atoms with Crippen molar-refractivity contribution in [2.75, 3.05) is 45.5 Å². The van der Waals surface area contributed by atoms with E-state index in [4.69, 9.17) is 28.7 Å². The molecule has 0 saturated carbocycles. The van der Waals surface area contributed by atoms with Crippen molar-refractivity contribution in [1.82, 2.24) is 15.0 Å². The van der Waals surface area contributed by atoms with Gasteiger partial charge in [-0.25, -0.2) is 9.97 Å². The number of nitrogens with one attached hydrogen (secondary N) is 1. The summed E-state index contributed by atoms with van der Waals surface area (Å²) < 4.78 is 27.8. The molecule has 0 aliphatic carbocycles. The average molecular weight is 555 g/mol. The van der Waals surface area contributed by atoms with Crippen LogP contribution in [0.5, 0.6) is 23.0 Å². The van der Waals surface area contributed by atoms with Gasteiger partial charge >= 0.3 is 0 Å². The molecule has 0 unspecified atom stereocenters. The van der Waals surface area contributed by atoms with Gasteiger partial charge in [-0.1, -0.05) is 24.3 Å². The Hall–Kier alpha value is -4.76. The molecule has 0 spiro atoms. The molecular weight excluding hydrogens is 520 g/mol. The summed E-state index contributed by atoms with van der Waals surface area (Å²) in [5.74, 6) is 3.86. The first kappa shape index (κ1) is 27.8. The molecule has 1 N–H and O–H groups in total. The number of rotatable bonds is 15. The van der Waals surface area contributed by atoms with Crippen LogP contribution in [0.2, 0.25) is 0 Å². The molecule has 0 aliphatic heterocycles. The standard InChI is InChI=1S/C32H34N4O5/c1-37-26-6-3-5-24(17-26)21-36(22-25-9-11-30-31(18-25)35-23-34-30)32-12-10-29(20-33-32)41-16-14-39-13-15-40-28-8-4-7-27(19-28)38-2/h3-12,17-20,23H,13-16,21-22H2,1-2H3,(H,34,35). The summed E-state index contributed by atoms with van der Waals surface area (Å²) >= 11 is 0. The number of pyridine rings is 1. The minimum absolute atomic E-state index is 0.415. The predicted octanol–water partition coefficient (Wildman–Crippen LogP) is 5.66. The second-order valence-corrected chi connectivity index (χ2v) is 9.30. The number of aromatic amines is 1. The van der Waals surface area contributed by atoms with Crippen molar-refractivity contribution < 1.29 is 23.7 Å². The Morgan fingerprint density at radius 2 is 1.37 bits per heavy atom. The van der Waals surface area contributed by atoms with E-state index in [0.717, 1.165) is 45.2 Å². The number of hydrogen-bond acceptors (Lipinski definition) is 8. The van der Waals surface area contributed by atoms with E-state index < -0.39 is 0 Å². The summed E-state index contributed by atoms with van der Waals surface area (Å²) in [5, 5.41) is 0. The van der Waals surface area contributed by atoms with Crippen molar-refractivity contribution in [3.8, 4) is 23.0 Å². The molecule has 2 aromatic heterocycles. The first-order valence-electron chi connectivity index (χ1n) is 13.4. The van der Waals surface area contributed by atoms with Gasteiger partial charge in [-0.15, -0.1) is 0 Å². The Labute approximate surface area is 239 Å². The van der Waals surface area contributed by atoms with Crippen LogP contribution in [0, 0.1) is 0 Å². The maximum Gasteiger partial charge on any atom is 0.137 e. The first-order valence-corrected chi connectivity index (χ1v) is 13.4. The van der Waals surface area contributed by atoms with Crippen molar-refractivity contribution in [2.24, 2.45) is 0 Å². The van der Waals surface area contributed by atoms with E-state index in [-0.39, 0.29) is 0 Å². The van der Waals surface area contributed by atoms with Gasteiger partial charge in [0.25, 0.3) is 0 Å². The molecule has 5 aromatic rings. The molecule has 0 radical (unpaired) electrons. The third-order valence-corrected chi connectivity index (χ3v) is 6.44. The molecule has 5 rings (SSSR count). The van der Waals surface area contributed by atoms with Crippen LogP contribution < -0.4 is 23.8 Å². The zero-order valence-electron chi connectivity index (χ0n) is 23.3. The van der Waals surface area contributed by atoms with Gasteiger partial charge in [0.15, 0.2) is 0 Å². The van der Waals surface area contributed by atoms with E-state index in [9.17, 15) is 0 Å². The molecule has 9 heteroatoms. The minimum atomic E-state index is 0.415. The third-order valence-electron chi connectivity index (χ3n) is 6.44. The Balaban J connectivity index is 1.15. The Morgan fingerprint density at radius 3 is 2.12 bits per heavy atom. The molecule has 0 saturated heterocycles. The SMILES string of the molecule is COc1cccc(CN(Cc2ccc3nc[nH]c3c2)c2ccc(OCCOCCOc3cccc(OC)c3)cn2)c1. The number of aromatic nitrogens is 3. The van der Waals surface area contributed by atoms with Gasteiger partial charge in [-0.2, -0.15) is 0 Å². The molecule has 41 heavy (non-hydrogen) atoms. The number of imidazole rings is 1. The molecule has 0 bridgehead atoms. The second kappa shape index (κ2) is 14.0. The molecule has 9 nitrogen and oxygen atoms in total. The highest BCUT2D eigenvalue weighted by Crippen LogP contribution is 2.24. The smallest absolute Gasteiger partial charge is 0.137 e. The number of nitrogens with zero attached hydrogens (tertiary/aromatic N) is 3. The molecular formula is C32H34N4O5. The number of methoxy groups -OCH3 is 2. The van der Waals surface area contributed by atoms with Gasteiger partial charge in [0.2, 0.25) is 0 Å². The lowest BCUT2D eigenvalue weighted by molar-refractivity contribution is 0.0763. The fraction of sp³-hybridized carbons (Fsp3) is 0.250. The molecule has 0 aliphatic rings. The summed E-state index contributed by atoms with van der Waals surface area (Å²) in [5.41, 5.74) is 4.23. The first-order chi connectivity index (χ1) is 20.2. The molecule has 0 fully saturated rings. The fourth-order valence-corrected chi connectivity index (χ4v) is 4.39. The van der Waals surface area contributed by atoms with Crippen LogP contribution in [0.25, 0.3) is 11.0 Å². The predicted molar refractivity (Wildman–Crippen MR) is 158 cm³/mol. The average Bonchev–Trinajstić information content (AvgIpc) is 3.49.